The number of anilines is 1. The smallest absolute Gasteiger partial charge is 0.255 e. The van der Waals surface area contributed by atoms with E-state index in [1.807, 2.05) is 45.9 Å². The second-order valence-electron chi connectivity index (χ2n) is 5.51. The summed E-state index contributed by atoms with van der Waals surface area (Å²) < 4.78 is 17.9. The zero-order valence-corrected chi connectivity index (χ0v) is 17.1. The molecule has 0 heterocycles. The van der Waals surface area contributed by atoms with Crippen LogP contribution in [0.4, 0.5) is 5.69 Å². The highest BCUT2D eigenvalue weighted by Gasteiger charge is 2.18. The van der Waals surface area contributed by atoms with Gasteiger partial charge in [0.15, 0.2) is 11.5 Å². The van der Waals surface area contributed by atoms with E-state index in [0.717, 1.165) is 15.7 Å². The Bertz CT molecular complexity index is 749. The molecule has 0 fully saturated rings. The largest absolute Gasteiger partial charge is 0.490 e. The van der Waals surface area contributed by atoms with Crippen molar-refractivity contribution in [2.45, 2.75) is 27.7 Å². The SMILES string of the molecule is CCOc1cc(C(=O)Nc2cc(Br)ccc2C)cc(OCC)c1OCC. The summed E-state index contributed by atoms with van der Waals surface area (Å²) in [4.78, 5) is 12.8. The number of benzene rings is 2. The molecule has 0 aromatic heterocycles. The highest BCUT2D eigenvalue weighted by atomic mass is 79.9. The number of halogens is 1. The lowest BCUT2D eigenvalue weighted by molar-refractivity contribution is 0.102. The number of aryl methyl sites for hydroxylation is 1. The van der Waals surface area contributed by atoms with Crippen molar-refractivity contribution in [1.29, 1.82) is 0 Å². The fourth-order valence-electron chi connectivity index (χ4n) is 2.44. The van der Waals surface area contributed by atoms with Crippen LogP contribution in [-0.2, 0) is 0 Å². The second-order valence-corrected chi connectivity index (χ2v) is 6.43. The van der Waals surface area contributed by atoms with Crippen molar-refractivity contribution in [3.05, 3.63) is 45.9 Å². The molecule has 0 aliphatic carbocycles. The summed E-state index contributed by atoms with van der Waals surface area (Å²) in [7, 11) is 0. The summed E-state index contributed by atoms with van der Waals surface area (Å²) >= 11 is 3.43. The lowest BCUT2D eigenvalue weighted by atomic mass is 10.1. The third kappa shape index (κ3) is 4.91. The van der Waals surface area contributed by atoms with Crippen molar-refractivity contribution in [2.75, 3.05) is 25.1 Å². The van der Waals surface area contributed by atoms with E-state index in [-0.39, 0.29) is 5.91 Å². The van der Waals surface area contributed by atoms with Crippen molar-refractivity contribution < 1.29 is 19.0 Å². The topological polar surface area (TPSA) is 56.8 Å². The molecular weight excluding hydrogens is 398 g/mol. The molecule has 1 amide bonds. The molecule has 5 nitrogen and oxygen atoms in total. The van der Waals surface area contributed by atoms with Gasteiger partial charge >= 0.3 is 0 Å². The van der Waals surface area contributed by atoms with Crippen molar-refractivity contribution >= 4 is 27.5 Å². The van der Waals surface area contributed by atoms with E-state index in [1.54, 1.807) is 12.1 Å². The van der Waals surface area contributed by atoms with Gasteiger partial charge in [0.2, 0.25) is 5.75 Å². The highest BCUT2D eigenvalue weighted by Crippen LogP contribution is 2.39. The third-order valence-electron chi connectivity index (χ3n) is 3.62. The molecule has 0 aliphatic rings. The van der Waals surface area contributed by atoms with E-state index in [9.17, 15) is 4.79 Å². The minimum atomic E-state index is -0.240. The van der Waals surface area contributed by atoms with Crippen LogP contribution >= 0.6 is 15.9 Å². The Balaban J connectivity index is 2.40. The van der Waals surface area contributed by atoms with Crippen LogP contribution in [0.15, 0.2) is 34.8 Å². The lowest BCUT2D eigenvalue weighted by Crippen LogP contribution is -2.14. The molecule has 26 heavy (non-hydrogen) atoms. The van der Waals surface area contributed by atoms with Gasteiger partial charge in [-0.1, -0.05) is 22.0 Å². The Morgan fingerprint density at radius 3 is 2.08 bits per heavy atom. The molecule has 0 bridgehead atoms. The van der Waals surface area contributed by atoms with Crippen LogP contribution in [0.2, 0.25) is 0 Å². The van der Waals surface area contributed by atoms with Crippen LogP contribution < -0.4 is 19.5 Å². The number of nitrogens with one attached hydrogen (secondary N) is 1. The first-order valence-corrected chi connectivity index (χ1v) is 9.43. The molecule has 0 radical (unpaired) electrons. The fraction of sp³-hybridized carbons (Fsp3) is 0.350. The predicted octanol–water partition coefficient (Wildman–Crippen LogP) is 5.21. The summed E-state index contributed by atoms with van der Waals surface area (Å²) in [6, 6.07) is 9.10. The highest BCUT2D eigenvalue weighted by molar-refractivity contribution is 9.10. The van der Waals surface area contributed by atoms with Gasteiger partial charge in [0, 0.05) is 15.7 Å². The van der Waals surface area contributed by atoms with E-state index < -0.39 is 0 Å². The van der Waals surface area contributed by atoms with E-state index in [1.165, 1.54) is 0 Å². The Labute approximate surface area is 162 Å². The van der Waals surface area contributed by atoms with Gasteiger partial charge in [0.05, 0.1) is 19.8 Å². The van der Waals surface area contributed by atoms with Crippen molar-refractivity contribution in [3.8, 4) is 17.2 Å². The maximum atomic E-state index is 12.8. The summed E-state index contributed by atoms with van der Waals surface area (Å²) in [5.74, 6) is 1.27. The number of ether oxygens (including phenoxy) is 3. The van der Waals surface area contributed by atoms with E-state index in [2.05, 4.69) is 21.2 Å². The van der Waals surface area contributed by atoms with Crippen molar-refractivity contribution in [3.63, 3.8) is 0 Å². The normalized spacial score (nSPS) is 10.3. The van der Waals surface area contributed by atoms with E-state index >= 15 is 0 Å². The molecule has 140 valence electrons. The second kappa shape index (κ2) is 9.48. The molecule has 2 rings (SSSR count). The summed E-state index contributed by atoms with van der Waals surface area (Å²) in [6.45, 7) is 8.99. The number of carbonyl (C=O) groups is 1. The first-order valence-electron chi connectivity index (χ1n) is 8.64. The van der Waals surface area contributed by atoms with Crippen LogP contribution in [0.25, 0.3) is 0 Å². The maximum Gasteiger partial charge on any atom is 0.255 e. The van der Waals surface area contributed by atoms with Gasteiger partial charge < -0.3 is 19.5 Å². The summed E-state index contributed by atoms with van der Waals surface area (Å²) in [5.41, 5.74) is 2.16. The van der Waals surface area contributed by atoms with Gasteiger partial charge in [-0.3, -0.25) is 4.79 Å². The molecule has 0 unspecified atom stereocenters. The number of rotatable bonds is 8. The Morgan fingerprint density at radius 1 is 0.962 bits per heavy atom. The third-order valence-corrected chi connectivity index (χ3v) is 4.11. The molecule has 2 aromatic carbocycles. The monoisotopic (exact) mass is 421 g/mol. The van der Waals surface area contributed by atoms with Gasteiger partial charge in [-0.15, -0.1) is 0 Å². The van der Waals surface area contributed by atoms with Gasteiger partial charge in [0.1, 0.15) is 0 Å². The molecule has 2 aromatic rings. The van der Waals surface area contributed by atoms with Crippen LogP contribution in [0.5, 0.6) is 17.2 Å². The zero-order valence-electron chi connectivity index (χ0n) is 15.5. The molecule has 6 heteroatoms. The summed E-state index contributed by atoms with van der Waals surface area (Å²) in [5, 5.41) is 2.94. The molecule has 0 aliphatic heterocycles. The minimum absolute atomic E-state index is 0.240. The van der Waals surface area contributed by atoms with E-state index in [4.69, 9.17) is 14.2 Å². The predicted molar refractivity (Wildman–Crippen MR) is 107 cm³/mol. The molecule has 0 atom stereocenters. The average molecular weight is 422 g/mol. The van der Waals surface area contributed by atoms with Crippen LogP contribution in [0.3, 0.4) is 0 Å². The molecule has 0 saturated carbocycles. The molecule has 1 N–H and O–H groups in total. The Kier molecular flexibility index (Phi) is 7.33. The number of amides is 1. The van der Waals surface area contributed by atoms with Crippen LogP contribution in [0, 0.1) is 6.92 Å². The van der Waals surface area contributed by atoms with Crippen LogP contribution in [-0.4, -0.2) is 25.7 Å². The molecule has 0 saturated heterocycles. The number of hydrogen-bond acceptors (Lipinski definition) is 4. The average Bonchev–Trinajstić information content (AvgIpc) is 2.61. The quantitative estimate of drug-likeness (QED) is 0.635. The van der Waals surface area contributed by atoms with Gasteiger partial charge in [0.25, 0.3) is 5.91 Å². The number of carbonyl (C=O) groups excluding carboxylic acids is 1. The first kappa shape index (κ1) is 20.1. The Hall–Kier alpha value is -2.21. The fourth-order valence-corrected chi connectivity index (χ4v) is 2.80. The van der Waals surface area contributed by atoms with Gasteiger partial charge in [-0.2, -0.15) is 0 Å². The lowest BCUT2D eigenvalue weighted by Gasteiger charge is -2.17. The molecule has 0 spiro atoms. The van der Waals surface area contributed by atoms with Gasteiger partial charge in [-0.05, 0) is 57.5 Å². The minimum Gasteiger partial charge on any atom is -0.490 e. The zero-order chi connectivity index (χ0) is 19.1. The number of hydrogen-bond donors (Lipinski definition) is 1. The van der Waals surface area contributed by atoms with Crippen molar-refractivity contribution in [1.82, 2.24) is 0 Å². The first-order chi connectivity index (χ1) is 12.5. The van der Waals surface area contributed by atoms with E-state index in [0.29, 0.717) is 42.6 Å². The van der Waals surface area contributed by atoms with Crippen molar-refractivity contribution in [2.24, 2.45) is 0 Å². The standard InChI is InChI=1S/C20H24BrNO4/c1-5-24-17-10-14(11-18(25-6-2)19(17)26-7-3)20(23)22-16-12-15(21)9-8-13(16)4/h8-12H,5-7H2,1-4H3,(H,22,23). The van der Waals surface area contributed by atoms with Crippen LogP contribution in [0.1, 0.15) is 36.7 Å². The van der Waals surface area contributed by atoms with Gasteiger partial charge in [-0.25, -0.2) is 0 Å². The summed E-state index contributed by atoms with van der Waals surface area (Å²) in [6.07, 6.45) is 0. The molecular formula is C20H24BrNO4. The Morgan fingerprint density at radius 2 is 1.54 bits per heavy atom. The maximum absolute atomic E-state index is 12.8.